The van der Waals surface area contributed by atoms with E-state index in [2.05, 4.69) is 42.7 Å². The zero-order chi connectivity index (χ0) is 30.5. The monoisotopic (exact) mass is 644 g/mol. The first-order valence-electron chi connectivity index (χ1n) is 15.7. The van der Waals surface area contributed by atoms with E-state index in [4.69, 9.17) is 29.4 Å². The highest BCUT2D eigenvalue weighted by Gasteiger charge is 2.19. The summed E-state index contributed by atoms with van der Waals surface area (Å²) in [6.07, 6.45) is 17.4. The van der Waals surface area contributed by atoms with Crippen LogP contribution in [0.2, 0.25) is 0 Å². The Morgan fingerprint density at radius 3 is 1.76 bits per heavy atom. The summed E-state index contributed by atoms with van der Waals surface area (Å²) in [5.74, 6) is 2.27. The van der Waals surface area contributed by atoms with Gasteiger partial charge in [0.2, 0.25) is 0 Å². The topological polar surface area (TPSA) is 24.3 Å². The lowest BCUT2D eigenvalue weighted by Gasteiger charge is -2.22. The minimum atomic E-state index is 0.511. The molecule has 0 saturated heterocycles. The van der Waals surface area contributed by atoms with E-state index in [9.17, 15) is 0 Å². The van der Waals surface area contributed by atoms with Crippen LogP contribution in [0.5, 0.6) is 0 Å². The van der Waals surface area contributed by atoms with Crippen LogP contribution < -0.4 is 0 Å². The number of nitrogens with zero attached hydrogens (tertiary/aromatic N) is 4. The van der Waals surface area contributed by atoms with Crippen LogP contribution in [0.3, 0.4) is 0 Å². The van der Waals surface area contributed by atoms with Crippen LogP contribution in [0.4, 0.5) is 0 Å². The fourth-order valence-electron chi connectivity index (χ4n) is 5.51. The maximum atomic E-state index is 5.41. The molecule has 0 aliphatic heterocycles. The van der Waals surface area contributed by atoms with Gasteiger partial charge in [0.25, 0.3) is 0 Å². The van der Waals surface area contributed by atoms with Crippen molar-refractivity contribution in [3.8, 4) is 0 Å². The Bertz CT molecular complexity index is 1190. The van der Waals surface area contributed by atoms with Gasteiger partial charge in [-0.3, -0.25) is 4.98 Å². The number of benzene rings is 1. The first-order chi connectivity index (χ1) is 20.2. The number of thiocarbonyl (C=S) groups is 2. The summed E-state index contributed by atoms with van der Waals surface area (Å²) in [4.78, 5) is 8.99. The molecule has 3 aromatic rings. The highest BCUT2D eigenvalue weighted by Crippen LogP contribution is 2.36. The van der Waals surface area contributed by atoms with E-state index in [-0.39, 0.29) is 0 Å². The molecule has 0 saturated carbocycles. The molecular formula is C34H52N4S4. The van der Waals surface area contributed by atoms with E-state index < -0.39 is 0 Å². The average molecular weight is 645 g/mol. The Labute approximate surface area is 274 Å². The number of hydrogen-bond acceptors (Lipinski definition) is 5. The van der Waals surface area contributed by atoms with Gasteiger partial charge < -0.3 is 14.4 Å². The molecule has 0 atom stereocenters. The first-order valence-corrected chi connectivity index (χ1v) is 18.5. The van der Waals surface area contributed by atoms with Gasteiger partial charge in [0.05, 0.1) is 16.6 Å². The van der Waals surface area contributed by atoms with Crippen molar-refractivity contribution in [2.45, 2.75) is 96.9 Å². The third kappa shape index (κ3) is 11.0. The Morgan fingerprint density at radius 2 is 1.21 bits per heavy atom. The van der Waals surface area contributed by atoms with E-state index in [1.165, 1.54) is 105 Å². The molecule has 0 spiro atoms. The highest BCUT2D eigenvalue weighted by atomic mass is 32.2. The fourth-order valence-corrected chi connectivity index (χ4v) is 7.58. The van der Waals surface area contributed by atoms with Crippen LogP contribution in [0.15, 0.2) is 30.5 Å². The van der Waals surface area contributed by atoms with Gasteiger partial charge in [-0.2, -0.15) is 0 Å². The zero-order valence-electron chi connectivity index (χ0n) is 26.8. The number of aromatic nitrogens is 2. The van der Waals surface area contributed by atoms with Gasteiger partial charge in [0.1, 0.15) is 8.64 Å². The Balaban J connectivity index is 1.60. The molecule has 0 radical (unpaired) electrons. The van der Waals surface area contributed by atoms with Crippen LogP contribution in [0.25, 0.3) is 21.9 Å². The zero-order valence-corrected chi connectivity index (χ0v) is 30.1. The van der Waals surface area contributed by atoms with Crippen molar-refractivity contribution in [2.24, 2.45) is 0 Å². The predicted octanol–water partition coefficient (Wildman–Crippen LogP) is 10.2. The summed E-state index contributed by atoms with van der Waals surface area (Å²) in [7, 11) is 8.13. The number of thioether (sulfide) groups is 2. The molecule has 0 aliphatic carbocycles. The normalized spacial score (nSPS) is 11.6. The molecule has 8 heteroatoms. The van der Waals surface area contributed by atoms with Crippen molar-refractivity contribution in [2.75, 3.05) is 39.7 Å². The summed E-state index contributed by atoms with van der Waals surface area (Å²) in [5, 5.41) is 1.29. The van der Waals surface area contributed by atoms with Crippen molar-refractivity contribution >= 4 is 78.5 Å². The molecule has 0 fully saturated rings. The number of rotatable bonds is 17. The Morgan fingerprint density at radius 1 is 0.714 bits per heavy atom. The Kier molecular flexibility index (Phi) is 15.4. The summed E-state index contributed by atoms with van der Waals surface area (Å²) in [6.45, 7) is 4.38. The molecule has 0 unspecified atom stereocenters. The largest absolute Gasteiger partial charge is 0.364 e. The molecule has 0 N–H and O–H groups in total. The van der Waals surface area contributed by atoms with Crippen molar-refractivity contribution in [1.29, 1.82) is 0 Å². The van der Waals surface area contributed by atoms with E-state index in [1.54, 1.807) is 0 Å². The number of hydrogen-bond donors (Lipinski definition) is 0. The molecule has 1 aromatic carbocycles. The molecule has 0 amide bonds. The van der Waals surface area contributed by atoms with Crippen molar-refractivity contribution in [1.82, 2.24) is 19.4 Å². The highest BCUT2D eigenvalue weighted by molar-refractivity contribution is 8.23. The van der Waals surface area contributed by atoms with Crippen molar-refractivity contribution in [3.05, 3.63) is 41.6 Å². The molecule has 232 valence electrons. The van der Waals surface area contributed by atoms with Gasteiger partial charge in [0, 0.05) is 57.3 Å². The second-order valence-electron chi connectivity index (χ2n) is 12.1. The average Bonchev–Trinajstić information content (AvgIpc) is 3.26. The number of pyridine rings is 1. The van der Waals surface area contributed by atoms with Crippen LogP contribution in [-0.2, 0) is 0 Å². The van der Waals surface area contributed by atoms with E-state index >= 15 is 0 Å². The van der Waals surface area contributed by atoms with E-state index in [1.807, 2.05) is 67.7 Å². The second kappa shape index (κ2) is 18.5. The number of fused-ring (bicyclic) bond motifs is 3. The van der Waals surface area contributed by atoms with Gasteiger partial charge in [-0.1, -0.05) is 111 Å². The maximum Gasteiger partial charge on any atom is 0.135 e. The Hall–Kier alpha value is -1.35. The van der Waals surface area contributed by atoms with E-state index in [0.29, 0.717) is 6.04 Å². The SMILES string of the molecule is Cc1ccc2c3ncc(C)cc3n(C(CCCCCCCSC(=S)N(C)C)CCCCCCCSC(=S)N(C)C)c2c1. The lowest BCUT2D eigenvalue weighted by Crippen LogP contribution is -2.16. The predicted molar refractivity (Wildman–Crippen MR) is 199 cm³/mol. The number of unbranched alkanes of at least 4 members (excludes halogenated alkanes) is 8. The summed E-state index contributed by atoms with van der Waals surface area (Å²) in [5.41, 5.74) is 6.38. The molecule has 4 nitrogen and oxygen atoms in total. The third-order valence-corrected chi connectivity index (χ3v) is 11.5. The molecule has 42 heavy (non-hydrogen) atoms. The summed E-state index contributed by atoms with van der Waals surface area (Å²) < 4.78 is 4.66. The second-order valence-corrected chi connectivity index (χ2v) is 15.5. The van der Waals surface area contributed by atoms with Crippen LogP contribution in [0.1, 0.15) is 94.2 Å². The quantitative estimate of drug-likeness (QED) is 0.106. The van der Waals surface area contributed by atoms with Crippen LogP contribution in [-0.4, -0.2) is 67.7 Å². The summed E-state index contributed by atoms with van der Waals surface area (Å²) >= 11 is 14.5. The van der Waals surface area contributed by atoms with Gasteiger partial charge in [-0.15, -0.1) is 0 Å². The first kappa shape index (κ1) is 35.1. The van der Waals surface area contributed by atoms with Gasteiger partial charge >= 0.3 is 0 Å². The number of aryl methyl sites for hydroxylation is 2. The molecular weight excluding hydrogens is 593 g/mol. The molecule has 0 aliphatic rings. The summed E-state index contributed by atoms with van der Waals surface area (Å²) in [6, 6.07) is 9.76. The smallest absolute Gasteiger partial charge is 0.135 e. The van der Waals surface area contributed by atoms with Crippen molar-refractivity contribution < 1.29 is 0 Å². The minimum absolute atomic E-state index is 0.511. The maximum absolute atomic E-state index is 5.41. The molecule has 2 heterocycles. The standard InChI is InChI=1S/C34H52N4S4/c1-26-19-20-29-30(23-26)38(31-24-27(2)25-35-32(29)31)28(17-13-9-7-11-15-21-41-33(39)36(3)4)18-14-10-8-12-16-22-42-34(40)37(5)6/h19-20,23-25,28H,7-18,21-22H2,1-6H3. The molecule has 0 bridgehead atoms. The lowest BCUT2D eigenvalue weighted by molar-refractivity contribution is 0.411. The fraction of sp³-hybridized carbons (Fsp3) is 0.618. The van der Waals surface area contributed by atoms with E-state index in [0.717, 1.165) is 25.7 Å². The van der Waals surface area contributed by atoms with Crippen LogP contribution >= 0.6 is 48.0 Å². The molecule has 3 rings (SSSR count). The third-order valence-electron chi connectivity index (χ3n) is 7.84. The van der Waals surface area contributed by atoms with Crippen LogP contribution in [0, 0.1) is 13.8 Å². The van der Waals surface area contributed by atoms with Gasteiger partial charge in [-0.25, -0.2) is 0 Å². The van der Waals surface area contributed by atoms with Gasteiger partial charge in [-0.05, 0) is 62.8 Å². The lowest BCUT2D eigenvalue weighted by atomic mass is 9.99. The van der Waals surface area contributed by atoms with Gasteiger partial charge in [0.15, 0.2) is 0 Å². The van der Waals surface area contributed by atoms with Crippen molar-refractivity contribution in [3.63, 3.8) is 0 Å². The minimum Gasteiger partial charge on any atom is -0.364 e. The molecule has 2 aromatic heterocycles.